The van der Waals surface area contributed by atoms with Crippen LogP contribution in [0.25, 0.3) is 10.2 Å². The molecule has 4 N–H and O–H groups in total. The summed E-state index contributed by atoms with van der Waals surface area (Å²) in [6.45, 7) is 1.81. The predicted octanol–water partition coefficient (Wildman–Crippen LogP) is 3.89. The van der Waals surface area contributed by atoms with Crippen molar-refractivity contribution in [2.45, 2.75) is 44.8 Å². The summed E-state index contributed by atoms with van der Waals surface area (Å²) in [5.74, 6) is 0.0942. The molecule has 1 aromatic carbocycles. The number of nitrogens with two attached hydrogens (primary N) is 1. The van der Waals surface area contributed by atoms with E-state index in [1.165, 1.54) is 29.8 Å². The molecule has 1 aliphatic carbocycles. The van der Waals surface area contributed by atoms with E-state index in [0.29, 0.717) is 33.0 Å². The van der Waals surface area contributed by atoms with Gasteiger partial charge in [-0.1, -0.05) is 0 Å². The zero-order valence-electron chi connectivity index (χ0n) is 16.9. The molecule has 1 aliphatic rings. The summed E-state index contributed by atoms with van der Waals surface area (Å²) in [4.78, 5) is 21.4. The van der Waals surface area contributed by atoms with E-state index in [4.69, 9.17) is 10.5 Å². The number of nitrogens with one attached hydrogen (secondary N) is 2. The van der Waals surface area contributed by atoms with Gasteiger partial charge in [-0.05, 0) is 57.4 Å². The summed E-state index contributed by atoms with van der Waals surface area (Å²) >= 11 is 1.23. The molecule has 30 heavy (non-hydrogen) atoms. The summed E-state index contributed by atoms with van der Waals surface area (Å²) < 4.78 is 20.2. The van der Waals surface area contributed by atoms with Crippen LogP contribution in [0.15, 0.2) is 24.5 Å². The summed E-state index contributed by atoms with van der Waals surface area (Å²) in [6.07, 6.45) is 5.41. The first-order valence-electron chi connectivity index (χ1n) is 9.90. The van der Waals surface area contributed by atoms with E-state index in [9.17, 15) is 9.18 Å². The lowest BCUT2D eigenvalue weighted by Crippen LogP contribution is -2.36. The molecule has 0 unspecified atom stereocenters. The fraction of sp³-hybridized carbons (Fsp3) is 0.381. The number of carbonyl (C=O) groups is 1. The number of halogens is 1. The maximum absolute atomic E-state index is 14.0. The third kappa shape index (κ3) is 4.08. The largest absolute Gasteiger partial charge is 0.488 e. The van der Waals surface area contributed by atoms with Gasteiger partial charge in [-0.25, -0.2) is 14.4 Å². The highest BCUT2D eigenvalue weighted by Crippen LogP contribution is 2.37. The molecule has 7 nitrogen and oxygen atoms in total. The van der Waals surface area contributed by atoms with Crippen LogP contribution in [0.3, 0.4) is 0 Å². The third-order valence-corrected chi connectivity index (χ3v) is 6.69. The number of hydrogen-bond donors (Lipinski definition) is 3. The van der Waals surface area contributed by atoms with Gasteiger partial charge in [0.05, 0.1) is 16.0 Å². The van der Waals surface area contributed by atoms with E-state index < -0.39 is 5.91 Å². The Morgan fingerprint density at radius 2 is 2.17 bits per heavy atom. The van der Waals surface area contributed by atoms with Crippen molar-refractivity contribution in [2.24, 2.45) is 5.73 Å². The molecular weight excluding hydrogens is 405 g/mol. The normalized spacial score (nSPS) is 19.0. The lowest BCUT2D eigenvalue weighted by atomic mass is 9.93. The Hall–Kier alpha value is -2.78. The molecule has 4 rings (SSSR count). The quantitative estimate of drug-likeness (QED) is 0.549. The average molecular weight is 430 g/mol. The highest BCUT2D eigenvalue weighted by Gasteiger charge is 2.24. The number of ether oxygens (including phenoxy) is 1. The summed E-state index contributed by atoms with van der Waals surface area (Å²) in [5, 5.41) is 7.27. The van der Waals surface area contributed by atoms with Gasteiger partial charge in [0.2, 0.25) is 0 Å². The molecule has 2 atom stereocenters. The highest BCUT2D eigenvalue weighted by atomic mass is 32.1. The number of primary amides is 1. The Kier molecular flexibility index (Phi) is 5.83. The maximum atomic E-state index is 14.0. The molecule has 1 saturated carbocycles. The minimum Gasteiger partial charge on any atom is -0.488 e. The van der Waals surface area contributed by atoms with Crippen molar-refractivity contribution in [3.63, 3.8) is 0 Å². The molecule has 2 aromatic heterocycles. The lowest BCUT2D eigenvalue weighted by molar-refractivity contribution is 0.100. The standard InChI is InChI=1S/C21H24FN5O2S/c1-11-17-20(25-10-26-21(17)30-18(11)19(23)28)27-15-7-6-12(22)8-16(15)29-14-5-3-4-13(9-14)24-2/h6-8,10,13-14,24H,3-5,9H2,1-2H3,(H2,23,28)(H,25,26,27)/t13-,14+/m1/s1. The van der Waals surface area contributed by atoms with Crippen LogP contribution >= 0.6 is 11.3 Å². The first-order chi connectivity index (χ1) is 14.5. The Labute approximate surface area is 177 Å². The van der Waals surface area contributed by atoms with Crippen LogP contribution < -0.4 is 21.1 Å². The van der Waals surface area contributed by atoms with E-state index >= 15 is 0 Å². The molecule has 9 heteroatoms. The van der Waals surface area contributed by atoms with E-state index in [1.54, 1.807) is 6.07 Å². The van der Waals surface area contributed by atoms with Gasteiger partial charge < -0.3 is 21.1 Å². The molecule has 0 bridgehead atoms. The number of anilines is 2. The molecule has 3 aromatic rings. The smallest absolute Gasteiger partial charge is 0.259 e. The highest BCUT2D eigenvalue weighted by molar-refractivity contribution is 7.20. The topological polar surface area (TPSA) is 102 Å². The number of aromatic nitrogens is 2. The number of carbonyl (C=O) groups excluding carboxylic acids is 1. The number of aryl methyl sites for hydroxylation is 1. The van der Waals surface area contributed by atoms with Crippen LogP contribution in [-0.2, 0) is 0 Å². The molecular formula is C21H24FN5O2S. The minimum atomic E-state index is -0.497. The van der Waals surface area contributed by atoms with Crippen molar-refractivity contribution in [3.05, 3.63) is 40.8 Å². The number of rotatable bonds is 6. The minimum absolute atomic E-state index is 0.00770. The van der Waals surface area contributed by atoms with Crippen LogP contribution in [0.2, 0.25) is 0 Å². The fourth-order valence-electron chi connectivity index (χ4n) is 3.92. The van der Waals surface area contributed by atoms with Gasteiger partial charge in [0, 0.05) is 12.1 Å². The Balaban J connectivity index is 1.66. The fourth-order valence-corrected chi connectivity index (χ4v) is 4.92. The zero-order valence-corrected chi connectivity index (χ0v) is 17.7. The van der Waals surface area contributed by atoms with Crippen LogP contribution in [0.1, 0.15) is 40.9 Å². The van der Waals surface area contributed by atoms with Gasteiger partial charge in [0.25, 0.3) is 5.91 Å². The summed E-state index contributed by atoms with van der Waals surface area (Å²) in [6, 6.07) is 4.79. The first-order valence-corrected chi connectivity index (χ1v) is 10.7. The number of nitrogens with zero attached hydrogens (tertiary/aromatic N) is 2. The molecule has 0 aliphatic heterocycles. The van der Waals surface area contributed by atoms with Gasteiger partial charge in [0.15, 0.2) is 0 Å². The van der Waals surface area contributed by atoms with Crippen LogP contribution in [-0.4, -0.2) is 35.1 Å². The number of amides is 1. The maximum Gasteiger partial charge on any atom is 0.259 e. The van der Waals surface area contributed by atoms with Gasteiger partial charge in [-0.3, -0.25) is 4.79 Å². The number of benzene rings is 1. The molecule has 0 saturated heterocycles. The van der Waals surface area contributed by atoms with Crippen LogP contribution in [0.4, 0.5) is 15.9 Å². The van der Waals surface area contributed by atoms with Crippen molar-refractivity contribution in [1.29, 1.82) is 0 Å². The van der Waals surface area contributed by atoms with Gasteiger partial charge in [-0.15, -0.1) is 11.3 Å². The second-order valence-corrected chi connectivity index (χ2v) is 8.48. The van der Waals surface area contributed by atoms with E-state index in [-0.39, 0.29) is 11.9 Å². The molecule has 1 fully saturated rings. The number of fused-ring (bicyclic) bond motifs is 1. The number of hydrogen-bond acceptors (Lipinski definition) is 7. The van der Waals surface area contributed by atoms with Crippen molar-refractivity contribution in [1.82, 2.24) is 15.3 Å². The summed E-state index contributed by atoms with van der Waals surface area (Å²) in [7, 11) is 1.95. The Morgan fingerprint density at radius 3 is 2.93 bits per heavy atom. The van der Waals surface area contributed by atoms with Crippen molar-refractivity contribution in [2.75, 3.05) is 12.4 Å². The van der Waals surface area contributed by atoms with Crippen molar-refractivity contribution in [3.8, 4) is 5.75 Å². The monoisotopic (exact) mass is 429 g/mol. The van der Waals surface area contributed by atoms with Gasteiger partial charge >= 0.3 is 0 Å². The summed E-state index contributed by atoms with van der Waals surface area (Å²) in [5.41, 5.74) is 6.81. The lowest BCUT2D eigenvalue weighted by Gasteiger charge is -2.30. The third-order valence-electron chi connectivity index (χ3n) is 5.48. The predicted molar refractivity (Wildman–Crippen MR) is 116 cm³/mol. The second-order valence-electron chi connectivity index (χ2n) is 7.48. The zero-order chi connectivity index (χ0) is 21.3. The molecule has 0 spiro atoms. The Morgan fingerprint density at radius 1 is 1.33 bits per heavy atom. The van der Waals surface area contributed by atoms with Crippen LogP contribution in [0.5, 0.6) is 5.75 Å². The number of thiophene rings is 1. The van der Waals surface area contributed by atoms with Gasteiger partial charge in [0.1, 0.15) is 34.6 Å². The average Bonchev–Trinajstić information content (AvgIpc) is 3.08. The van der Waals surface area contributed by atoms with E-state index in [1.807, 2.05) is 14.0 Å². The van der Waals surface area contributed by atoms with E-state index in [0.717, 1.165) is 36.6 Å². The second kappa shape index (κ2) is 8.53. The van der Waals surface area contributed by atoms with Crippen LogP contribution in [0, 0.1) is 12.7 Å². The van der Waals surface area contributed by atoms with Crippen molar-refractivity contribution >= 4 is 39.0 Å². The van der Waals surface area contributed by atoms with E-state index in [2.05, 4.69) is 20.6 Å². The first kappa shape index (κ1) is 20.5. The molecule has 1 amide bonds. The van der Waals surface area contributed by atoms with Crippen molar-refractivity contribution < 1.29 is 13.9 Å². The Bertz CT molecular complexity index is 1090. The SMILES string of the molecule is CN[C@@H]1CCC[C@H](Oc2cc(F)ccc2Nc2ncnc3sc(C(N)=O)c(C)c23)C1. The molecule has 2 heterocycles. The molecule has 158 valence electrons. The van der Waals surface area contributed by atoms with Gasteiger partial charge in [-0.2, -0.15) is 0 Å². The molecule has 0 radical (unpaired) electrons.